The highest BCUT2D eigenvalue weighted by molar-refractivity contribution is 7.99. The molecule has 2 N–H and O–H groups in total. The number of para-hydroxylation sites is 1. The molecule has 0 bridgehead atoms. The first-order valence-electron chi connectivity index (χ1n) is 11.9. The van der Waals surface area contributed by atoms with Gasteiger partial charge in [-0.25, -0.2) is 4.79 Å². The van der Waals surface area contributed by atoms with E-state index in [9.17, 15) is 14.7 Å². The number of carbonyl (C=O) groups is 2. The van der Waals surface area contributed by atoms with Crippen molar-refractivity contribution in [2.45, 2.75) is 108 Å². The topological polar surface area (TPSA) is 83.8 Å². The van der Waals surface area contributed by atoms with E-state index in [0.29, 0.717) is 18.6 Å². The maximum Gasteiger partial charge on any atom is 0.344 e. The van der Waals surface area contributed by atoms with Crippen LogP contribution >= 0.6 is 11.8 Å². The van der Waals surface area contributed by atoms with E-state index in [1.54, 1.807) is 11.8 Å². The van der Waals surface area contributed by atoms with E-state index in [1.165, 1.54) is 51.4 Å². The minimum atomic E-state index is -0.918. The third kappa shape index (κ3) is 14.1. The number of ether oxygens (including phenoxy) is 1. The summed E-state index contributed by atoms with van der Waals surface area (Å²) in [5, 5.41) is 17.8. The first-order chi connectivity index (χ1) is 15.0. The zero-order valence-electron chi connectivity index (χ0n) is 19.0. The summed E-state index contributed by atoms with van der Waals surface area (Å²) in [6.45, 7) is 1.82. The monoisotopic (exact) mass is 452 g/mol. The number of carboxylic acid groups (broad SMARTS) is 2. The molecule has 176 valence electrons. The number of thioether (sulfide) groups is 1. The number of rotatable bonds is 20. The Kier molecular flexibility index (Phi) is 15.8. The second kappa shape index (κ2) is 17.9. The SMILES string of the molecule is CCC(Oc1ccccc1SCCCCCCCCCCCCCCC(=O)O)C(=O)O. The summed E-state index contributed by atoms with van der Waals surface area (Å²) in [6, 6.07) is 7.70. The van der Waals surface area contributed by atoms with Gasteiger partial charge in [0.1, 0.15) is 5.75 Å². The fraction of sp³-hybridized carbons (Fsp3) is 0.680. The molecule has 1 unspecified atom stereocenters. The molecule has 0 aliphatic heterocycles. The number of hydrogen-bond acceptors (Lipinski definition) is 4. The Morgan fingerprint density at radius 1 is 0.839 bits per heavy atom. The summed E-state index contributed by atoms with van der Waals surface area (Å²) in [7, 11) is 0. The lowest BCUT2D eigenvalue weighted by Gasteiger charge is -2.16. The maximum atomic E-state index is 11.2. The fourth-order valence-electron chi connectivity index (χ4n) is 3.46. The van der Waals surface area contributed by atoms with Crippen LogP contribution in [0.15, 0.2) is 29.2 Å². The smallest absolute Gasteiger partial charge is 0.344 e. The molecule has 1 aromatic carbocycles. The Labute approximate surface area is 192 Å². The summed E-state index contributed by atoms with van der Waals surface area (Å²) >= 11 is 1.75. The number of hydrogen-bond donors (Lipinski definition) is 2. The van der Waals surface area contributed by atoms with Gasteiger partial charge >= 0.3 is 11.9 Å². The molecular weight excluding hydrogens is 412 g/mol. The summed E-state index contributed by atoms with van der Waals surface area (Å²) in [6.07, 6.45) is 14.3. The van der Waals surface area contributed by atoms with Gasteiger partial charge in [0.05, 0.1) is 0 Å². The third-order valence-electron chi connectivity index (χ3n) is 5.31. The van der Waals surface area contributed by atoms with E-state index in [-0.39, 0.29) is 0 Å². The van der Waals surface area contributed by atoms with Crippen molar-refractivity contribution in [1.29, 1.82) is 0 Å². The van der Waals surface area contributed by atoms with Gasteiger partial charge in [-0.2, -0.15) is 0 Å². The number of unbranched alkanes of at least 4 members (excludes halogenated alkanes) is 11. The number of aliphatic carboxylic acids is 2. The summed E-state index contributed by atoms with van der Waals surface area (Å²) in [4.78, 5) is 22.7. The molecule has 0 heterocycles. The van der Waals surface area contributed by atoms with Crippen LogP contribution in [0.2, 0.25) is 0 Å². The summed E-state index contributed by atoms with van der Waals surface area (Å²) in [5.41, 5.74) is 0. The molecule has 1 rings (SSSR count). The van der Waals surface area contributed by atoms with Crippen LogP contribution in [0.1, 0.15) is 96.8 Å². The molecule has 0 saturated carbocycles. The molecule has 5 nitrogen and oxygen atoms in total. The molecule has 0 amide bonds. The van der Waals surface area contributed by atoms with Crippen molar-refractivity contribution >= 4 is 23.7 Å². The van der Waals surface area contributed by atoms with Crippen molar-refractivity contribution in [1.82, 2.24) is 0 Å². The zero-order valence-corrected chi connectivity index (χ0v) is 19.8. The summed E-state index contributed by atoms with van der Waals surface area (Å²) in [5.74, 6) is 0.0894. The highest BCUT2D eigenvalue weighted by Crippen LogP contribution is 2.31. The quantitative estimate of drug-likeness (QED) is 0.161. The van der Waals surface area contributed by atoms with Crippen molar-refractivity contribution < 1.29 is 24.5 Å². The van der Waals surface area contributed by atoms with Crippen molar-refractivity contribution in [3.8, 4) is 5.75 Å². The lowest BCUT2D eigenvalue weighted by atomic mass is 10.0. The maximum absolute atomic E-state index is 11.2. The van der Waals surface area contributed by atoms with Gasteiger partial charge in [-0.15, -0.1) is 11.8 Å². The van der Waals surface area contributed by atoms with E-state index < -0.39 is 18.0 Å². The molecular formula is C25H40O5S. The second-order valence-corrected chi connectivity index (χ2v) is 9.17. The van der Waals surface area contributed by atoms with E-state index in [4.69, 9.17) is 9.84 Å². The largest absolute Gasteiger partial charge is 0.481 e. The van der Waals surface area contributed by atoms with Crippen LogP contribution in [0, 0.1) is 0 Å². The molecule has 0 aliphatic carbocycles. The molecule has 0 saturated heterocycles. The van der Waals surface area contributed by atoms with Crippen molar-refractivity contribution in [2.24, 2.45) is 0 Å². The molecule has 0 spiro atoms. The Morgan fingerprint density at radius 2 is 1.35 bits per heavy atom. The molecule has 6 heteroatoms. The fourth-order valence-corrected chi connectivity index (χ4v) is 4.46. The Morgan fingerprint density at radius 3 is 1.87 bits per heavy atom. The van der Waals surface area contributed by atoms with E-state index >= 15 is 0 Å². The Bertz CT molecular complexity index is 620. The minimum Gasteiger partial charge on any atom is -0.481 e. The normalized spacial score (nSPS) is 11.9. The molecule has 0 aromatic heterocycles. The van der Waals surface area contributed by atoms with Crippen molar-refractivity contribution in [3.05, 3.63) is 24.3 Å². The second-order valence-electron chi connectivity index (χ2n) is 8.03. The lowest BCUT2D eigenvalue weighted by Crippen LogP contribution is -2.26. The van der Waals surface area contributed by atoms with Gasteiger partial charge in [-0.05, 0) is 37.1 Å². The first-order valence-corrected chi connectivity index (χ1v) is 12.9. The highest BCUT2D eigenvalue weighted by atomic mass is 32.2. The van der Waals surface area contributed by atoms with Crippen LogP contribution in [0.25, 0.3) is 0 Å². The predicted octanol–water partition coefficient (Wildman–Crippen LogP) is 7.18. The highest BCUT2D eigenvalue weighted by Gasteiger charge is 2.18. The van der Waals surface area contributed by atoms with E-state index in [2.05, 4.69) is 0 Å². The molecule has 1 aromatic rings. The van der Waals surface area contributed by atoms with Crippen molar-refractivity contribution in [3.63, 3.8) is 0 Å². The van der Waals surface area contributed by atoms with Crippen LogP contribution in [-0.4, -0.2) is 34.0 Å². The Balaban J connectivity index is 2.01. The van der Waals surface area contributed by atoms with Gasteiger partial charge in [0.15, 0.2) is 6.10 Å². The third-order valence-corrected chi connectivity index (χ3v) is 6.45. The van der Waals surface area contributed by atoms with Crippen LogP contribution < -0.4 is 4.74 Å². The van der Waals surface area contributed by atoms with Gasteiger partial charge in [0.2, 0.25) is 0 Å². The predicted molar refractivity (Wildman–Crippen MR) is 127 cm³/mol. The van der Waals surface area contributed by atoms with Gasteiger partial charge in [-0.1, -0.05) is 83.3 Å². The molecule has 31 heavy (non-hydrogen) atoms. The van der Waals surface area contributed by atoms with Crippen LogP contribution in [0.3, 0.4) is 0 Å². The van der Waals surface area contributed by atoms with E-state index in [1.807, 2.05) is 31.2 Å². The standard InChI is InChI=1S/C25H40O5S/c1-2-21(25(28)29)30-22-17-14-15-18-23(22)31-20-16-12-10-8-6-4-3-5-7-9-11-13-19-24(26)27/h14-15,17-18,21H,2-13,16,19-20H2,1H3,(H,26,27)(H,28,29). The van der Waals surface area contributed by atoms with Crippen molar-refractivity contribution in [2.75, 3.05) is 5.75 Å². The Hall–Kier alpha value is -1.69. The zero-order chi connectivity index (χ0) is 22.7. The molecule has 0 radical (unpaired) electrons. The first kappa shape index (κ1) is 27.3. The molecule has 0 fully saturated rings. The van der Waals surface area contributed by atoms with Crippen LogP contribution in [0.4, 0.5) is 0 Å². The van der Waals surface area contributed by atoms with Crippen LogP contribution in [-0.2, 0) is 9.59 Å². The van der Waals surface area contributed by atoms with Gasteiger partial charge in [0.25, 0.3) is 0 Å². The average molecular weight is 453 g/mol. The lowest BCUT2D eigenvalue weighted by molar-refractivity contribution is -0.145. The van der Waals surface area contributed by atoms with E-state index in [0.717, 1.165) is 36.3 Å². The summed E-state index contributed by atoms with van der Waals surface area (Å²) < 4.78 is 5.69. The van der Waals surface area contributed by atoms with Crippen LogP contribution in [0.5, 0.6) is 5.75 Å². The van der Waals surface area contributed by atoms with Gasteiger partial charge in [0, 0.05) is 11.3 Å². The molecule has 0 aliphatic rings. The molecule has 1 atom stereocenters. The average Bonchev–Trinajstić information content (AvgIpc) is 2.75. The van der Waals surface area contributed by atoms with Gasteiger partial charge < -0.3 is 14.9 Å². The number of carboxylic acids is 2. The van der Waals surface area contributed by atoms with Gasteiger partial charge in [-0.3, -0.25) is 4.79 Å². The minimum absolute atomic E-state index is 0.308. The number of benzene rings is 1.